The summed E-state index contributed by atoms with van der Waals surface area (Å²) in [6, 6.07) is 15.6. The number of benzene rings is 2. The molecule has 0 heterocycles. The van der Waals surface area contributed by atoms with Crippen molar-refractivity contribution < 1.29 is 0 Å². The van der Waals surface area contributed by atoms with Crippen LogP contribution in [-0.2, 0) is 0 Å². The molecule has 0 fully saturated rings. The number of azo groups is 1. The standard InChI is InChI=1S/C23H24N2/c1-18(2)12-13-19-8-6-10-21(16-19)24-25-22-11-7-9-20(17-22)14-15-23(3,4)5/h6-11,16-18H,1-5H3/b25-24+. The van der Waals surface area contributed by atoms with E-state index in [9.17, 15) is 0 Å². The van der Waals surface area contributed by atoms with Crippen molar-refractivity contribution in [1.29, 1.82) is 0 Å². The molecule has 25 heavy (non-hydrogen) atoms. The predicted molar refractivity (Wildman–Crippen MR) is 105 cm³/mol. The fourth-order valence-electron chi connectivity index (χ4n) is 1.89. The first kappa shape index (κ1) is 18.5. The molecular weight excluding hydrogens is 304 g/mol. The van der Waals surface area contributed by atoms with Gasteiger partial charge in [-0.05, 0) is 57.2 Å². The molecule has 2 aromatic rings. The minimum Gasteiger partial charge on any atom is -0.151 e. The summed E-state index contributed by atoms with van der Waals surface area (Å²) in [7, 11) is 0. The molecule has 0 amide bonds. The van der Waals surface area contributed by atoms with Gasteiger partial charge in [0, 0.05) is 22.5 Å². The third kappa shape index (κ3) is 7.06. The molecule has 2 aromatic carbocycles. The van der Waals surface area contributed by atoms with Crippen LogP contribution in [-0.4, -0.2) is 0 Å². The van der Waals surface area contributed by atoms with E-state index in [2.05, 4.69) is 68.5 Å². The second-order valence-electron chi connectivity index (χ2n) is 7.22. The molecule has 0 saturated heterocycles. The molecule has 0 atom stereocenters. The number of hydrogen-bond acceptors (Lipinski definition) is 2. The Morgan fingerprint density at radius 2 is 1.32 bits per heavy atom. The summed E-state index contributed by atoms with van der Waals surface area (Å²) in [4.78, 5) is 0. The monoisotopic (exact) mass is 328 g/mol. The molecule has 0 aliphatic carbocycles. The lowest BCUT2D eigenvalue weighted by Crippen LogP contribution is -1.99. The smallest absolute Gasteiger partial charge is 0.0869 e. The van der Waals surface area contributed by atoms with E-state index < -0.39 is 0 Å². The van der Waals surface area contributed by atoms with E-state index in [0.29, 0.717) is 5.92 Å². The van der Waals surface area contributed by atoms with E-state index in [-0.39, 0.29) is 5.41 Å². The summed E-state index contributed by atoms with van der Waals surface area (Å²) < 4.78 is 0. The van der Waals surface area contributed by atoms with Crippen LogP contribution in [0.15, 0.2) is 58.8 Å². The summed E-state index contributed by atoms with van der Waals surface area (Å²) in [5, 5.41) is 8.65. The Bertz CT molecular complexity index is 876. The largest absolute Gasteiger partial charge is 0.151 e. The van der Waals surface area contributed by atoms with Crippen LogP contribution >= 0.6 is 0 Å². The summed E-state index contributed by atoms with van der Waals surface area (Å²) in [6.07, 6.45) is 0. The molecule has 0 radical (unpaired) electrons. The molecule has 126 valence electrons. The van der Waals surface area contributed by atoms with Gasteiger partial charge in [-0.25, -0.2) is 0 Å². The van der Waals surface area contributed by atoms with Crippen LogP contribution in [0.1, 0.15) is 45.7 Å². The van der Waals surface area contributed by atoms with E-state index in [0.717, 1.165) is 22.5 Å². The molecule has 0 saturated carbocycles. The lowest BCUT2D eigenvalue weighted by molar-refractivity contribution is 0.571. The van der Waals surface area contributed by atoms with Gasteiger partial charge in [0.05, 0.1) is 11.4 Å². The molecule has 0 spiro atoms. The second kappa shape index (κ2) is 8.32. The maximum absolute atomic E-state index is 4.33. The molecule has 0 aliphatic rings. The molecule has 2 rings (SSSR count). The van der Waals surface area contributed by atoms with Crippen LogP contribution in [0.5, 0.6) is 0 Å². The lowest BCUT2D eigenvalue weighted by Gasteiger charge is -2.06. The van der Waals surface area contributed by atoms with E-state index >= 15 is 0 Å². The van der Waals surface area contributed by atoms with Gasteiger partial charge in [-0.1, -0.05) is 49.7 Å². The topological polar surface area (TPSA) is 24.7 Å². The maximum Gasteiger partial charge on any atom is 0.0869 e. The number of rotatable bonds is 2. The van der Waals surface area contributed by atoms with E-state index in [1.54, 1.807) is 0 Å². The minimum atomic E-state index is -0.0189. The van der Waals surface area contributed by atoms with Crippen molar-refractivity contribution in [3.8, 4) is 23.7 Å². The zero-order valence-corrected chi connectivity index (χ0v) is 15.6. The van der Waals surface area contributed by atoms with Crippen LogP contribution in [0.2, 0.25) is 0 Å². The van der Waals surface area contributed by atoms with E-state index in [4.69, 9.17) is 0 Å². The SMILES string of the molecule is CC(C)C#Cc1cccc(/N=N/c2cccc(C#CC(C)(C)C)c2)c1. The molecule has 0 aliphatic heterocycles. The van der Waals surface area contributed by atoms with Crippen LogP contribution < -0.4 is 0 Å². The van der Waals surface area contributed by atoms with Gasteiger partial charge in [0.15, 0.2) is 0 Å². The van der Waals surface area contributed by atoms with E-state index in [1.807, 2.05) is 48.5 Å². The molecular formula is C23H24N2. The summed E-state index contributed by atoms with van der Waals surface area (Å²) in [5.41, 5.74) is 3.47. The molecule has 0 bridgehead atoms. The Balaban J connectivity index is 2.18. The highest BCUT2D eigenvalue weighted by Gasteiger charge is 2.03. The minimum absolute atomic E-state index is 0.0189. The highest BCUT2D eigenvalue weighted by atomic mass is 15.1. The first-order valence-electron chi connectivity index (χ1n) is 8.48. The Kier molecular flexibility index (Phi) is 6.15. The zero-order valence-electron chi connectivity index (χ0n) is 15.6. The van der Waals surface area contributed by atoms with Crippen LogP contribution in [0.25, 0.3) is 0 Å². The Morgan fingerprint density at radius 1 is 0.800 bits per heavy atom. The van der Waals surface area contributed by atoms with Crippen molar-refractivity contribution >= 4 is 11.4 Å². The van der Waals surface area contributed by atoms with Gasteiger partial charge >= 0.3 is 0 Å². The normalized spacial score (nSPS) is 11.0. The van der Waals surface area contributed by atoms with Gasteiger partial charge in [-0.3, -0.25) is 0 Å². The highest BCUT2D eigenvalue weighted by Crippen LogP contribution is 2.20. The number of hydrogen-bond donors (Lipinski definition) is 0. The fourth-order valence-corrected chi connectivity index (χ4v) is 1.89. The van der Waals surface area contributed by atoms with Crippen LogP contribution in [0.4, 0.5) is 11.4 Å². The molecule has 0 N–H and O–H groups in total. The Labute approximate surface area is 151 Å². The second-order valence-corrected chi connectivity index (χ2v) is 7.22. The van der Waals surface area contributed by atoms with Crippen molar-refractivity contribution in [3.63, 3.8) is 0 Å². The summed E-state index contributed by atoms with van der Waals surface area (Å²) in [6.45, 7) is 10.4. The van der Waals surface area contributed by atoms with Crippen molar-refractivity contribution in [1.82, 2.24) is 0 Å². The molecule has 2 heteroatoms. The van der Waals surface area contributed by atoms with E-state index in [1.165, 1.54) is 0 Å². The maximum atomic E-state index is 4.33. The summed E-state index contributed by atoms with van der Waals surface area (Å²) in [5.74, 6) is 13.1. The first-order valence-corrected chi connectivity index (χ1v) is 8.48. The first-order chi connectivity index (χ1) is 11.8. The van der Waals surface area contributed by atoms with Crippen molar-refractivity contribution in [3.05, 3.63) is 59.7 Å². The van der Waals surface area contributed by atoms with Gasteiger partial charge in [0.1, 0.15) is 0 Å². The van der Waals surface area contributed by atoms with Gasteiger partial charge in [0.2, 0.25) is 0 Å². The fraction of sp³-hybridized carbons (Fsp3) is 0.304. The van der Waals surface area contributed by atoms with Crippen molar-refractivity contribution in [2.75, 3.05) is 0 Å². The quantitative estimate of drug-likeness (QED) is 0.443. The van der Waals surface area contributed by atoms with Crippen molar-refractivity contribution in [2.24, 2.45) is 21.6 Å². The van der Waals surface area contributed by atoms with Crippen LogP contribution in [0.3, 0.4) is 0 Å². The van der Waals surface area contributed by atoms with Gasteiger partial charge in [-0.2, -0.15) is 10.2 Å². The molecule has 2 nitrogen and oxygen atoms in total. The summed E-state index contributed by atoms with van der Waals surface area (Å²) >= 11 is 0. The third-order valence-corrected chi connectivity index (χ3v) is 3.06. The van der Waals surface area contributed by atoms with Gasteiger partial charge < -0.3 is 0 Å². The van der Waals surface area contributed by atoms with Crippen LogP contribution in [0, 0.1) is 35.0 Å². The molecule has 0 unspecified atom stereocenters. The van der Waals surface area contributed by atoms with Gasteiger partial charge in [0.25, 0.3) is 0 Å². The highest BCUT2D eigenvalue weighted by molar-refractivity contribution is 5.49. The lowest BCUT2D eigenvalue weighted by atomic mass is 9.97. The van der Waals surface area contributed by atoms with Crippen molar-refractivity contribution in [2.45, 2.75) is 34.6 Å². The average Bonchev–Trinajstić information content (AvgIpc) is 2.56. The Morgan fingerprint density at radius 3 is 1.80 bits per heavy atom. The van der Waals surface area contributed by atoms with Gasteiger partial charge in [-0.15, -0.1) is 0 Å². The predicted octanol–water partition coefficient (Wildman–Crippen LogP) is 6.51. The number of nitrogens with zero attached hydrogens (tertiary/aromatic N) is 2. The average molecular weight is 328 g/mol. The third-order valence-electron chi connectivity index (χ3n) is 3.06. The molecule has 0 aromatic heterocycles. The Hall–Kier alpha value is -2.84. The zero-order chi connectivity index (χ0) is 18.3.